The van der Waals surface area contributed by atoms with Gasteiger partial charge in [0, 0.05) is 13.1 Å². The van der Waals surface area contributed by atoms with Crippen molar-refractivity contribution in [3.8, 4) is 5.75 Å². The van der Waals surface area contributed by atoms with Crippen LogP contribution < -0.4 is 10.1 Å². The number of aryl methyl sites for hydroxylation is 2. The highest BCUT2D eigenvalue weighted by Crippen LogP contribution is 2.24. The van der Waals surface area contributed by atoms with E-state index in [1.165, 1.54) is 36.6 Å². The van der Waals surface area contributed by atoms with Crippen molar-refractivity contribution in [3.63, 3.8) is 0 Å². The average molecular weight is 403 g/mol. The summed E-state index contributed by atoms with van der Waals surface area (Å²) in [6.07, 6.45) is 4.76. The Morgan fingerprint density at radius 3 is 2.82 bits per heavy atom. The molecule has 1 saturated carbocycles. The normalized spacial score (nSPS) is 19.4. The summed E-state index contributed by atoms with van der Waals surface area (Å²) in [7, 11) is 1.91. The summed E-state index contributed by atoms with van der Waals surface area (Å²) in [6.45, 7) is 6.67. The zero-order valence-electron chi connectivity index (χ0n) is 17.2. The number of amides is 1. The third-order valence-corrected chi connectivity index (χ3v) is 6.42. The van der Waals surface area contributed by atoms with Crippen LogP contribution in [0.5, 0.6) is 5.75 Å². The van der Waals surface area contributed by atoms with Crippen LogP contribution in [0.15, 0.2) is 23.4 Å². The van der Waals surface area contributed by atoms with E-state index in [4.69, 9.17) is 4.74 Å². The van der Waals surface area contributed by atoms with Gasteiger partial charge in [0.2, 0.25) is 5.91 Å². The van der Waals surface area contributed by atoms with Gasteiger partial charge in [-0.3, -0.25) is 4.79 Å². The summed E-state index contributed by atoms with van der Waals surface area (Å²) in [6, 6.07) is 6.42. The molecule has 1 aliphatic rings. The number of nitrogens with zero attached hydrogens (tertiary/aromatic N) is 3. The maximum atomic E-state index is 12.3. The van der Waals surface area contributed by atoms with Crippen molar-refractivity contribution in [2.24, 2.45) is 13.0 Å². The molecule has 7 heteroatoms. The van der Waals surface area contributed by atoms with E-state index in [1.807, 2.05) is 30.7 Å². The number of thioether (sulfide) groups is 1. The van der Waals surface area contributed by atoms with Gasteiger partial charge in [-0.2, -0.15) is 0 Å². The SMILES string of the molecule is Cc1ccc(OCc2nnc(SCC(=O)N[C@H]3CCCC[C@@H]3C)n2C)c(C)c1. The summed E-state index contributed by atoms with van der Waals surface area (Å²) < 4.78 is 7.79. The van der Waals surface area contributed by atoms with E-state index in [0.29, 0.717) is 24.3 Å². The molecule has 2 aromatic rings. The maximum absolute atomic E-state index is 12.3. The monoisotopic (exact) mass is 402 g/mol. The second kappa shape index (κ2) is 9.45. The van der Waals surface area contributed by atoms with Crippen LogP contribution >= 0.6 is 11.8 Å². The summed E-state index contributed by atoms with van der Waals surface area (Å²) in [5.41, 5.74) is 2.31. The lowest BCUT2D eigenvalue weighted by Crippen LogP contribution is -2.41. The molecule has 1 aromatic heterocycles. The van der Waals surface area contributed by atoms with Crippen molar-refractivity contribution in [1.82, 2.24) is 20.1 Å². The molecule has 0 unspecified atom stereocenters. The standard InChI is InChI=1S/C21H30N4O2S/c1-14-9-10-18(16(3)11-14)27-12-19-23-24-21(25(19)4)28-13-20(26)22-17-8-6-5-7-15(17)2/h9-11,15,17H,5-8,12-13H2,1-4H3,(H,22,26)/t15-,17-/m0/s1. The highest BCUT2D eigenvalue weighted by Gasteiger charge is 2.23. The zero-order chi connectivity index (χ0) is 20.1. The van der Waals surface area contributed by atoms with Crippen molar-refractivity contribution >= 4 is 17.7 Å². The number of ether oxygens (including phenoxy) is 1. The molecule has 1 aliphatic carbocycles. The molecule has 6 nitrogen and oxygen atoms in total. The van der Waals surface area contributed by atoms with E-state index in [9.17, 15) is 4.79 Å². The average Bonchev–Trinajstić information content (AvgIpc) is 3.01. The van der Waals surface area contributed by atoms with Gasteiger partial charge in [0.15, 0.2) is 11.0 Å². The number of hydrogen-bond acceptors (Lipinski definition) is 5. The Morgan fingerprint density at radius 1 is 1.29 bits per heavy atom. The molecular weight excluding hydrogens is 372 g/mol. The van der Waals surface area contributed by atoms with Crippen LogP contribution in [0, 0.1) is 19.8 Å². The molecule has 152 valence electrons. The number of rotatable bonds is 7. The van der Waals surface area contributed by atoms with E-state index in [1.54, 1.807) is 0 Å². The van der Waals surface area contributed by atoms with Gasteiger partial charge in [0.25, 0.3) is 0 Å². The predicted molar refractivity (Wildman–Crippen MR) is 112 cm³/mol. The van der Waals surface area contributed by atoms with Crippen LogP contribution in [0.1, 0.15) is 49.6 Å². The molecular formula is C21H30N4O2S. The number of aromatic nitrogens is 3. The summed E-state index contributed by atoms with van der Waals surface area (Å²) in [5.74, 6) is 2.58. The topological polar surface area (TPSA) is 69.0 Å². The van der Waals surface area contributed by atoms with Gasteiger partial charge in [-0.25, -0.2) is 0 Å². The van der Waals surface area contributed by atoms with E-state index in [2.05, 4.69) is 35.4 Å². The Morgan fingerprint density at radius 2 is 2.07 bits per heavy atom. The molecule has 0 saturated heterocycles. The van der Waals surface area contributed by atoms with Gasteiger partial charge in [0.05, 0.1) is 5.75 Å². The second-order valence-electron chi connectivity index (χ2n) is 7.74. The van der Waals surface area contributed by atoms with E-state index < -0.39 is 0 Å². The highest BCUT2D eigenvalue weighted by molar-refractivity contribution is 7.99. The Balaban J connectivity index is 1.50. The molecule has 0 spiro atoms. The van der Waals surface area contributed by atoms with Crippen molar-refractivity contribution in [2.75, 3.05) is 5.75 Å². The smallest absolute Gasteiger partial charge is 0.230 e. The first kappa shape index (κ1) is 20.7. The lowest BCUT2D eigenvalue weighted by Gasteiger charge is -2.29. The van der Waals surface area contributed by atoms with Crippen LogP contribution in [0.25, 0.3) is 0 Å². The molecule has 28 heavy (non-hydrogen) atoms. The summed E-state index contributed by atoms with van der Waals surface area (Å²) in [4.78, 5) is 12.3. The van der Waals surface area contributed by atoms with Crippen LogP contribution in [0.3, 0.4) is 0 Å². The maximum Gasteiger partial charge on any atom is 0.230 e. The summed E-state index contributed by atoms with van der Waals surface area (Å²) in [5, 5.41) is 12.3. The molecule has 1 fully saturated rings. The summed E-state index contributed by atoms with van der Waals surface area (Å²) >= 11 is 1.41. The van der Waals surface area contributed by atoms with Crippen LogP contribution in [0.2, 0.25) is 0 Å². The van der Waals surface area contributed by atoms with Crippen molar-refractivity contribution < 1.29 is 9.53 Å². The minimum atomic E-state index is 0.0693. The molecule has 1 aromatic carbocycles. The van der Waals surface area contributed by atoms with Crippen LogP contribution in [-0.2, 0) is 18.4 Å². The third kappa shape index (κ3) is 5.28. The fourth-order valence-electron chi connectivity index (χ4n) is 3.61. The molecule has 1 amide bonds. The number of nitrogens with one attached hydrogen (secondary N) is 1. The van der Waals surface area contributed by atoms with Crippen molar-refractivity contribution in [1.29, 1.82) is 0 Å². The van der Waals surface area contributed by atoms with Gasteiger partial charge in [-0.1, -0.05) is 49.2 Å². The predicted octanol–water partition coefficient (Wildman–Crippen LogP) is 3.80. The first-order valence-corrected chi connectivity index (χ1v) is 10.9. The van der Waals surface area contributed by atoms with Crippen molar-refractivity contribution in [3.05, 3.63) is 35.2 Å². The molecule has 1 heterocycles. The molecule has 3 rings (SSSR count). The minimum Gasteiger partial charge on any atom is -0.485 e. The third-order valence-electron chi connectivity index (χ3n) is 5.40. The number of hydrogen-bond donors (Lipinski definition) is 1. The minimum absolute atomic E-state index is 0.0693. The zero-order valence-corrected chi connectivity index (χ0v) is 18.0. The van der Waals surface area contributed by atoms with Gasteiger partial charge in [0.1, 0.15) is 12.4 Å². The van der Waals surface area contributed by atoms with E-state index in [0.717, 1.165) is 28.7 Å². The lowest BCUT2D eigenvalue weighted by molar-refractivity contribution is -0.119. The number of carbonyl (C=O) groups excluding carboxylic acids is 1. The Kier molecular flexibility index (Phi) is 6.99. The van der Waals surface area contributed by atoms with E-state index >= 15 is 0 Å². The first-order chi connectivity index (χ1) is 13.4. The Hall–Kier alpha value is -2.02. The highest BCUT2D eigenvalue weighted by atomic mass is 32.2. The molecule has 0 radical (unpaired) electrons. The van der Waals surface area contributed by atoms with Crippen LogP contribution in [0.4, 0.5) is 0 Å². The fourth-order valence-corrected chi connectivity index (χ4v) is 4.35. The molecule has 0 aliphatic heterocycles. The Labute approximate surface area is 171 Å². The quantitative estimate of drug-likeness (QED) is 0.714. The second-order valence-corrected chi connectivity index (χ2v) is 8.68. The largest absolute Gasteiger partial charge is 0.485 e. The fraction of sp³-hybridized carbons (Fsp3) is 0.571. The molecule has 1 N–H and O–H groups in total. The van der Waals surface area contributed by atoms with Gasteiger partial charge >= 0.3 is 0 Å². The van der Waals surface area contributed by atoms with Gasteiger partial charge in [-0.05, 0) is 44.2 Å². The van der Waals surface area contributed by atoms with Gasteiger partial charge in [-0.15, -0.1) is 10.2 Å². The Bertz CT molecular complexity index is 821. The van der Waals surface area contributed by atoms with E-state index in [-0.39, 0.29) is 5.91 Å². The van der Waals surface area contributed by atoms with Crippen molar-refractivity contribution in [2.45, 2.75) is 64.3 Å². The molecule has 0 bridgehead atoms. The molecule has 2 atom stereocenters. The number of benzene rings is 1. The van der Waals surface area contributed by atoms with Gasteiger partial charge < -0.3 is 14.6 Å². The van der Waals surface area contributed by atoms with Crippen LogP contribution in [-0.4, -0.2) is 32.5 Å². The lowest BCUT2D eigenvalue weighted by atomic mass is 9.86. The number of carbonyl (C=O) groups is 1. The first-order valence-electron chi connectivity index (χ1n) is 9.94.